The molecule has 0 atom stereocenters. The first kappa shape index (κ1) is 15.6. The Bertz CT molecular complexity index is 665. The van der Waals surface area contributed by atoms with Crippen molar-refractivity contribution in [3.8, 4) is 16.9 Å². The number of benzene rings is 2. The summed E-state index contributed by atoms with van der Waals surface area (Å²) >= 11 is 3.48. The summed E-state index contributed by atoms with van der Waals surface area (Å²) in [6.07, 6.45) is 0. The van der Waals surface area contributed by atoms with Crippen molar-refractivity contribution in [1.29, 1.82) is 0 Å². The maximum atomic E-state index is 11.8. The van der Waals surface area contributed by atoms with Crippen LogP contribution in [0.3, 0.4) is 0 Å². The Morgan fingerprint density at radius 1 is 1.14 bits per heavy atom. The Morgan fingerprint density at radius 3 is 2.38 bits per heavy atom. The highest BCUT2D eigenvalue weighted by Crippen LogP contribution is 2.31. The number of esters is 1. The molecule has 0 amide bonds. The molecule has 110 valence electrons. The van der Waals surface area contributed by atoms with Crippen molar-refractivity contribution >= 4 is 21.9 Å². The van der Waals surface area contributed by atoms with Crippen LogP contribution in [0.1, 0.15) is 22.8 Å². The maximum Gasteiger partial charge on any atom is 0.338 e. The Labute approximate surface area is 133 Å². The average Bonchev–Trinajstić information content (AvgIpc) is 2.47. The van der Waals surface area contributed by atoms with Gasteiger partial charge in [0.2, 0.25) is 0 Å². The van der Waals surface area contributed by atoms with Crippen molar-refractivity contribution in [2.24, 2.45) is 0 Å². The first-order valence-corrected chi connectivity index (χ1v) is 7.47. The molecule has 0 aliphatic carbocycles. The van der Waals surface area contributed by atoms with Crippen LogP contribution in [0.25, 0.3) is 11.1 Å². The summed E-state index contributed by atoms with van der Waals surface area (Å²) in [4.78, 5) is 11.8. The molecule has 2 aromatic rings. The molecule has 0 N–H and O–H groups in total. The lowest BCUT2D eigenvalue weighted by Crippen LogP contribution is -2.06. The summed E-state index contributed by atoms with van der Waals surface area (Å²) in [5, 5.41) is 0. The summed E-state index contributed by atoms with van der Waals surface area (Å²) in [5.41, 5.74) is 3.61. The van der Waals surface area contributed by atoms with E-state index < -0.39 is 0 Å². The number of methoxy groups -OCH3 is 1. The largest absolute Gasteiger partial charge is 0.496 e. The predicted molar refractivity (Wildman–Crippen MR) is 86.8 cm³/mol. The molecule has 0 aliphatic heterocycles. The quantitative estimate of drug-likeness (QED) is 0.756. The van der Waals surface area contributed by atoms with Crippen LogP contribution in [0.5, 0.6) is 5.75 Å². The van der Waals surface area contributed by atoms with Crippen LogP contribution in [0, 0.1) is 6.92 Å². The van der Waals surface area contributed by atoms with E-state index in [-0.39, 0.29) is 5.97 Å². The Morgan fingerprint density at radius 2 is 1.81 bits per heavy atom. The van der Waals surface area contributed by atoms with Gasteiger partial charge >= 0.3 is 5.97 Å². The van der Waals surface area contributed by atoms with Crippen molar-refractivity contribution < 1.29 is 14.3 Å². The zero-order valence-electron chi connectivity index (χ0n) is 12.3. The lowest BCUT2D eigenvalue weighted by atomic mass is 10.00. The number of halogens is 1. The molecular formula is C17H17BrO3. The van der Waals surface area contributed by atoms with Gasteiger partial charge in [-0.3, -0.25) is 0 Å². The number of rotatable bonds is 4. The molecular weight excluding hydrogens is 332 g/mol. The average molecular weight is 349 g/mol. The van der Waals surface area contributed by atoms with Gasteiger partial charge in [-0.15, -0.1) is 0 Å². The zero-order chi connectivity index (χ0) is 15.4. The summed E-state index contributed by atoms with van der Waals surface area (Å²) in [5.74, 6) is 0.510. The minimum absolute atomic E-state index is 0.280. The second kappa shape index (κ2) is 6.76. The normalized spacial score (nSPS) is 10.3. The van der Waals surface area contributed by atoms with Gasteiger partial charge in [-0.25, -0.2) is 4.79 Å². The van der Waals surface area contributed by atoms with Gasteiger partial charge in [0.05, 0.1) is 23.8 Å². The van der Waals surface area contributed by atoms with Crippen molar-refractivity contribution in [3.63, 3.8) is 0 Å². The fourth-order valence-electron chi connectivity index (χ4n) is 2.13. The van der Waals surface area contributed by atoms with E-state index in [1.165, 1.54) is 0 Å². The topological polar surface area (TPSA) is 35.5 Å². The smallest absolute Gasteiger partial charge is 0.338 e. The molecule has 0 aliphatic rings. The summed E-state index contributed by atoms with van der Waals surface area (Å²) in [6, 6.07) is 11.6. The van der Waals surface area contributed by atoms with Crippen LogP contribution in [-0.4, -0.2) is 19.7 Å². The third kappa shape index (κ3) is 3.45. The van der Waals surface area contributed by atoms with E-state index >= 15 is 0 Å². The number of hydrogen-bond donors (Lipinski definition) is 0. The lowest BCUT2D eigenvalue weighted by molar-refractivity contribution is 0.0525. The monoisotopic (exact) mass is 348 g/mol. The minimum atomic E-state index is -0.280. The van der Waals surface area contributed by atoms with Gasteiger partial charge in [-0.1, -0.05) is 18.2 Å². The van der Waals surface area contributed by atoms with Crippen LogP contribution in [0.2, 0.25) is 0 Å². The van der Waals surface area contributed by atoms with Crippen molar-refractivity contribution in [2.75, 3.05) is 13.7 Å². The third-order valence-corrected chi connectivity index (χ3v) is 3.83. The molecule has 3 nitrogen and oxygen atoms in total. The second-order valence-corrected chi connectivity index (χ2v) is 5.45. The van der Waals surface area contributed by atoms with Gasteiger partial charge in [0, 0.05) is 0 Å². The summed E-state index contributed by atoms with van der Waals surface area (Å²) in [7, 11) is 1.64. The molecule has 0 bridgehead atoms. The second-order valence-electron chi connectivity index (χ2n) is 4.60. The van der Waals surface area contributed by atoms with Crippen LogP contribution in [0.15, 0.2) is 40.9 Å². The molecule has 4 heteroatoms. The molecule has 0 spiro atoms. The summed E-state index contributed by atoms with van der Waals surface area (Å²) < 4.78 is 11.2. The first-order chi connectivity index (χ1) is 10.1. The molecule has 2 aromatic carbocycles. The molecule has 0 saturated carbocycles. The highest BCUT2D eigenvalue weighted by molar-refractivity contribution is 9.10. The van der Waals surface area contributed by atoms with Gasteiger partial charge in [0.25, 0.3) is 0 Å². The number of aryl methyl sites for hydroxylation is 1. The SMILES string of the molecule is CCOC(=O)c1ccc(-c2ccc(OC)c(Br)c2)cc1C. The van der Waals surface area contributed by atoms with E-state index in [0.717, 1.165) is 26.9 Å². The highest BCUT2D eigenvalue weighted by atomic mass is 79.9. The summed E-state index contributed by atoms with van der Waals surface area (Å²) in [6.45, 7) is 4.09. The van der Waals surface area contributed by atoms with E-state index in [9.17, 15) is 4.79 Å². The van der Waals surface area contributed by atoms with E-state index in [0.29, 0.717) is 12.2 Å². The Hall–Kier alpha value is -1.81. The lowest BCUT2D eigenvalue weighted by Gasteiger charge is -2.10. The van der Waals surface area contributed by atoms with Gasteiger partial charge in [0.15, 0.2) is 0 Å². The number of carbonyl (C=O) groups excluding carboxylic acids is 1. The fraction of sp³-hybridized carbons (Fsp3) is 0.235. The number of carbonyl (C=O) groups is 1. The van der Waals surface area contributed by atoms with Crippen LogP contribution in [-0.2, 0) is 4.74 Å². The standard InChI is InChI=1S/C17H17BrO3/c1-4-21-17(19)14-7-5-12(9-11(14)2)13-6-8-16(20-3)15(18)10-13/h5-10H,4H2,1-3H3. The molecule has 0 fully saturated rings. The van der Waals surface area contributed by atoms with E-state index in [2.05, 4.69) is 15.9 Å². The number of hydrogen-bond acceptors (Lipinski definition) is 3. The van der Waals surface area contributed by atoms with Crippen LogP contribution in [0.4, 0.5) is 0 Å². The van der Waals surface area contributed by atoms with Gasteiger partial charge in [-0.05, 0) is 64.7 Å². The molecule has 0 heterocycles. The van der Waals surface area contributed by atoms with Crippen LogP contribution >= 0.6 is 15.9 Å². The third-order valence-electron chi connectivity index (χ3n) is 3.21. The molecule has 0 aromatic heterocycles. The minimum Gasteiger partial charge on any atom is -0.496 e. The van der Waals surface area contributed by atoms with Crippen molar-refractivity contribution in [3.05, 3.63) is 52.0 Å². The van der Waals surface area contributed by atoms with Crippen molar-refractivity contribution in [1.82, 2.24) is 0 Å². The molecule has 0 radical (unpaired) electrons. The van der Waals surface area contributed by atoms with E-state index in [4.69, 9.17) is 9.47 Å². The van der Waals surface area contributed by atoms with Gasteiger partial charge in [0.1, 0.15) is 5.75 Å². The number of ether oxygens (including phenoxy) is 2. The zero-order valence-corrected chi connectivity index (χ0v) is 13.9. The van der Waals surface area contributed by atoms with E-state index in [1.807, 2.05) is 37.3 Å². The van der Waals surface area contributed by atoms with E-state index in [1.54, 1.807) is 20.1 Å². The van der Waals surface area contributed by atoms with Crippen LogP contribution < -0.4 is 4.74 Å². The fourth-order valence-corrected chi connectivity index (χ4v) is 2.67. The molecule has 21 heavy (non-hydrogen) atoms. The molecule has 0 unspecified atom stereocenters. The van der Waals surface area contributed by atoms with Gasteiger partial charge < -0.3 is 9.47 Å². The van der Waals surface area contributed by atoms with Gasteiger partial charge in [-0.2, -0.15) is 0 Å². The highest BCUT2D eigenvalue weighted by Gasteiger charge is 2.11. The Balaban J connectivity index is 2.36. The molecule has 2 rings (SSSR count). The Kier molecular flexibility index (Phi) is 5.02. The van der Waals surface area contributed by atoms with Crippen molar-refractivity contribution in [2.45, 2.75) is 13.8 Å². The molecule has 0 saturated heterocycles. The predicted octanol–water partition coefficient (Wildman–Crippen LogP) is 4.61. The maximum absolute atomic E-state index is 11.8. The first-order valence-electron chi connectivity index (χ1n) is 6.68.